The fourth-order valence-electron chi connectivity index (χ4n) is 4.56. The fraction of sp³-hybridized carbons (Fsp3) is 0.458. The van der Waals surface area contributed by atoms with Crippen LogP contribution in [0, 0.1) is 6.92 Å². The lowest BCUT2D eigenvalue weighted by atomic mass is 10.1. The van der Waals surface area contributed by atoms with Gasteiger partial charge in [-0.05, 0) is 62.4 Å². The number of hydrogen-bond donors (Lipinski definition) is 1. The minimum absolute atomic E-state index is 0.0707. The highest BCUT2D eigenvalue weighted by Crippen LogP contribution is 2.27. The summed E-state index contributed by atoms with van der Waals surface area (Å²) in [7, 11) is -3.55. The van der Waals surface area contributed by atoms with Gasteiger partial charge in [-0.2, -0.15) is 4.31 Å². The van der Waals surface area contributed by atoms with Crippen LogP contribution in [0.15, 0.2) is 53.4 Å². The van der Waals surface area contributed by atoms with Crippen molar-refractivity contribution in [2.45, 2.75) is 56.5 Å². The molecule has 166 valence electrons. The van der Waals surface area contributed by atoms with Crippen molar-refractivity contribution in [3.63, 3.8) is 0 Å². The van der Waals surface area contributed by atoms with Crippen molar-refractivity contribution in [1.82, 2.24) is 9.21 Å². The summed E-state index contributed by atoms with van der Waals surface area (Å²) in [5.41, 5.74) is 2.43. The van der Waals surface area contributed by atoms with Crippen LogP contribution in [0.4, 0.5) is 5.69 Å². The average Bonchev–Trinajstić information content (AvgIpc) is 3.24. The minimum atomic E-state index is -3.55. The normalized spacial score (nSPS) is 20.6. The molecule has 2 heterocycles. The number of rotatable bonds is 6. The van der Waals surface area contributed by atoms with Crippen LogP contribution in [0.2, 0.25) is 0 Å². The number of carbonyl (C=O) groups excluding carboxylic acids is 1. The zero-order valence-electron chi connectivity index (χ0n) is 18.1. The lowest BCUT2D eigenvalue weighted by Gasteiger charge is -2.27. The molecule has 4 rings (SSSR count). The minimum Gasteiger partial charge on any atom is -0.325 e. The van der Waals surface area contributed by atoms with Gasteiger partial charge >= 0.3 is 0 Å². The Hall–Kier alpha value is -2.22. The predicted octanol–water partition coefficient (Wildman–Crippen LogP) is 3.77. The Morgan fingerprint density at radius 1 is 1.00 bits per heavy atom. The van der Waals surface area contributed by atoms with Crippen LogP contribution in [-0.2, 0) is 21.4 Å². The van der Waals surface area contributed by atoms with Crippen LogP contribution < -0.4 is 5.32 Å². The van der Waals surface area contributed by atoms with E-state index in [-0.39, 0.29) is 11.9 Å². The van der Waals surface area contributed by atoms with Gasteiger partial charge in [0.15, 0.2) is 0 Å². The maximum absolute atomic E-state index is 13.2. The first kappa shape index (κ1) is 22.0. The van der Waals surface area contributed by atoms with Crippen molar-refractivity contribution < 1.29 is 13.2 Å². The molecule has 0 saturated carbocycles. The number of aryl methyl sites for hydroxylation is 1. The quantitative estimate of drug-likeness (QED) is 0.741. The summed E-state index contributed by atoms with van der Waals surface area (Å²) in [6, 6.07) is 15.1. The number of hydrogen-bond acceptors (Lipinski definition) is 4. The smallest absolute Gasteiger partial charge is 0.243 e. The summed E-state index contributed by atoms with van der Waals surface area (Å²) in [6.45, 7) is 4.56. The summed E-state index contributed by atoms with van der Waals surface area (Å²) in [4.78, 5) is 15.5. The first-order valence-electron chi connectivity index (χ1n) is 11.1. The lowest BCUT2D eigenvalue weighted by molar-refractivity contribution is -0.120. The standard InChI is InChI=1S/C24H31N3O3S/c1-19-12-13-21(17-23(19)31(29,30)27-15-6-3-7-16-27)25-24(28)22-11-8-14-26(22)18-20-9-4-2-5-10-20/h2,4-5,9-10,12-13,17,22H,3,6-8,11,14-16,18H2,1H3,(H,25,28). The van der Waals surface area contributed by atoms with Crippen molar-refractivity contribution in [2.24, 2.45) is 0 Å². The second kappa shape index (κ2) is 9.51. The highest BCUT2D eigenvalue weighted by molar-refractivity contribution is 7.89. The van der Waals surface area contributed by atoms with E-state index in [1.54, 1.807) is 29.4 Å². The number of benzene rings is 2. The highest BCUT2D eigenvalue weighted by atomic mass is 32.2. The van der Waals surface area contributed by atoms with Gasteiger partial charge in [-0.1, -0.05) is 42.8 Å². The van der Waals surface area contributed by atoms with Gasteiger partial charge < -0.3 is 5.32 Å². The Morgan fingerprint density at radius 2 is 1.74 bits per heavy atom. The van der Waals surface area contributed by atoms with Gasteiger partial charge in [-0.15, -0.1) is 0 Å². The maximum atomic E-state index is 13.2. The van der Waals surface area contributed by atoms with Crippen LogP contribution in [0.25, 0.3) is 0 Å². The molecule has 0 radical (unpaired) electrons. The van der Waals surface area contributed by atoms with Gasteiger partial charge in [0.05, 0.1) is 10.9 Å². The van der Waals surface area contributed by atoms with E-state index in [0.717, 1.165) is 45.2 Å². The van der Waals surface area contributed by atoms with Crippen molar-refractivity contribution in [1.29, 1.82) is 0 Å². The van der Waals surface area contributed by atoms with E-state index in [2.05, 4.69) is 22.3 Å². The molecule has 1 N–H and O–H groups in total. The number of nitrogens with one attached hydrogen (secondary N) is 1. The van der Waals surface area contributed by atoms with E-state index in [1.807, 2.05) is 18.2 Å². The molecule has 7 heteroatoms. The van der Waals surface area contributed by atoms with Gasteiger partial charge in [0.1, 0.15) is 0 Å². The van der Waals surface area contributed by atoms with Crippen molar-refractivity contribution in [3.05, 3.63) is 59.7 Å². The molecular formula is C24H31N3O3S. The molecule has 1 unspecified atom stereocenters. The molecule has 1 atom stereocenters. The van der Waals surface area contributed by atoms with Gasteiger partial charge in [0, 0.05) is 25.3 Å². The summed E-state index contributed by atoms with van der Waals surface area (Å²) in [6.07, 6.45) is 4.65. The Bertz CT molecular complexity index is 1020. The molecule has 31 heavy (non-hydrogen) atoms. The number of carbonyl (C=O) groups is 1. The largest absolute Gasteiger partial charge is 0.325 e. The lowest BCUT2D eigenvalue weighted by Crippen LogP contribution is -2.39. The van der Waals surface area contributed by atoms with Gasteiger partial charge in [-0.25, -0.2) is 8.42 Å². The highest BCUT2D eigenvalue weighted by Gasteiger charge is 2.31. The summed E-state index contributed by atoms with van der Waals surface area (Å²) in [5, 5.41) is 2.98. The van der Waals surface area contributed by atoms with E-state index in [0.29, 0.717) is 29.2 Å². The molecule has 2 saturated heterocycles. The number of likely N-dealkylation sites (tertiary alicyclic amines) is 1. The zero-order chi connectivity index (χ0) is 21.8. The van der Waals surface area contributed by atoms with E-state index in [1.165, 1.54) is 5.56 Å². The molecule has 6 nitrogen and oxygen atoms in total. The number of nitrogens with zero attached hydrogens (tertiary/aromatic N) is 2. The van der Waals surface area contributed by atoms with Crippen molar-refractivity contribution in [2.75, 3.05) is 25.0 Å². The topological polar surface area (TPSA) is 69.7 Å². The predicted molar refractivity (Wildman–Crippen MR) is 122 cm³/mol. The van der Waals surface area contributed by atoms with Crippen LogP contribution in [0.3, 0.4) is 0 Å². The van der Waals surface area contributed by atoms with Crippen LogP contribution >= 0.6 is 0 Å². The fourth-order valence-corrected chi connectivity index (χ4v) is 6.32. The summed E-state index contributed by atoms with van der Waals surface area (Å²) in [5.74, 6) is -0.0707. The molecule has 2 fully saturated rings. The van der Waals surface area contributed by atoms with Crippen LogP contribution in [-0.4, -0.2) is 49.2 Å². The van der Waals surface area contributed by atoms with Crippen LogP contribution in [0.1, 0.15) is 43.2 Å². The first-order valence-corrected chi connectivity index (χ1v) is 12.6. The molecule has 2 aromatic rings. The Balaban J connectivity index is 1.49. The Kier molecular flexibility index (Phi) is 6.74. The zero-order valence-corrected chi connectivity index (χ0v) is 18.9. The van der Waals surface area contributed by atoms with Gasteiger partial charge in [-0.3, -0.25) is 9.69 Å². The van der Waals surface area contributed by atoms with E-state index in [9.17, 15) is 13.2 Å². The Morgan fingerprint density at radius 3 is 2.48 bits per heavy atom. The second-order valence-corrected chi connectivity index (χ2v) is 10.5. The third-order valence-corrected chi connectivity index (χ3v) is 8.32. The second-order valence-electron chi connectivity index (χ2n) is 8.55. The van der Waals surface area contributed by atoms with Crippen molar-refractivity contribution >= 4 is 21.6 Å². The van der Waals surface area contributed by atoms with E-state index >= 15 is 0 Å². The van der Waals surface area contributed by atoms with E-state index in [4.69, 9.17) is 0 Å². The summed E-state index contributed by atoms with van der Waals surface area (Å²) >= 11 is 0. The Labute approximate surface area is 185 Å². The first-order chi connectivity index (χ1) is 14.9. The molecule has 2 aromatic carbocycles. The number of sulfonamides is 1. The molecule has 2 aliphatic heterocycles. The SMILES string of the molecule is Cc1ccc(NC(=O)C2CCCN2Cc2ccccc2)cc1S(=O)(=O)N1CCCCC1. The molecule has 0 aliphatic carbocycles. The third-order valence-electron chi connectivity index (χ3n) is 6.28. The number of amides is 1. The van der Waals surface area contributed by atoms with E-state index < -0.39 is 10.0 Å². The maximum Gasteiger partial charge on any atom is 0.243 e. The van der Waals surface area contributed by atoms with Gasteiger partial charge in [0.25, 0.3) is 0 Å². The molecule has 2 aliphatic rings. The molecular weight excluding hydrogens is 410 g/mol. The third kappa shape index (κ3) is 5.00. The van der Waals surface area contributed by atoms with Gasteiger partial charge in [0.2, 0.25) is 15.9 Å². The monoisotopic (exact) mass is 441 g/mol. The molecule has 0 spiro atoms. The molecule has 0 bridgehead atoms. The van der Waals surface area contributed by atoms with Crippen LogP contribution in [0.5, 0.6) is 0 Å². The van der Waals surface area contributed by atoms with Crippen molar-refractivity contribution in [3.8, 4) is 0 Å². The average molecular weight is 442 g/mol. The molecule has 1 amide bonds. The summed E-state index contributed by atoms with van der Waals surface area (Å²) < 4.78 is 27.9. The number of anilines is 1. The molecule has 0 aromatic heterocycles. The number of piperidine rings is 1.